The molecule has 3 unspecified atom stereocenters. The fourth-order valence-corrected chi connectivity index (χ4v) is 2.70. The zero-order valence-corrected chi connectivity index (χ0v) is 11.0. The second kappa shape index (κ2) is 5.68. The van der Waals surface area contributed by atoms with E-state index >= 15 is 0 Å². The summed E-state index contributed by atoms with van der Waals surface area (Å²) in [4.78, 5) is 0. The molecule has 0 amide bonds. The highest BCUT2D eigenvalue weighted by Gasteiger charge is 2.31. The second-order valence-electron chi connectivity index (χ2n) is 5.57. The van der Waals surface area contributed by atoms with E-state index < -0.39 is 0 Å². The number of benzene rings is 1. The lowest BCUT2D eigenvalue weighted by atomic mass is 9.80. The lowest BCUT2D eigenvalue weighted by Gasteiger charge is -2.28. The van der Waals surface area contributed by atoms with Crippen LogP contribution in [0.4, 0.5) is 0 Å². The first-order chi connectivity index (χ1) is 8.22. The van der Waals surface area contributed by atoms with Crippen molar-refractivity contribution in [2.45, 2.75) is 51.6 Å². The van der Waals surface area contributed by atoms with Gasteiger partial charge in [0.1, 0.15) is 0 Å². The highest BCUT2D eigenvalue weighted by Crippen LogP contribution is 2.39. The molecule has 1 aromatic rings. The lowest BCUT2D eigenvalue weighted by Crippen LogP contribution is -2.24. The Bertz CT molecular complexity index is 329. The Hall–Kier alpha value is -0.820. The summed E-state index contributed by atoms with van der Waals surface area (Å²) in [6, 6.07) is 10.5. The molecule has 1 aliphatic rings. The molecule has 1 N–H and O–H groups in total. The molecule has 0 heterocycles. The summed E-state index contributed by atoms with van der Waals surface area (Å²) in [5.41, 5.74) is 1.30. The molecule has 0 aliphatic heterocycles. The van der Waals surface area contributed by atoms with E-state index in [9.17, 15) is 5.11 Å². The minimum absolute atomic E-state index is 0.167. The molecule has 1 heteroatoms. The molecule has 94 valence electrons. The van der Waals surface area contributed by atoms with E-state index in [1.807, 2.05) is 6.07 Å². The van der Waals surface area contributed by atoms with Crippen molar-refractivity contribution >= 4 is 0 Å². The topological polar surface area (TPSA) is 20.2 Å². The van der Waals surface area contributed by atoms with Gasteiger partial charge in [0.25, 0.3) is 0 Å². The predicted octanol–water partition coefficient (Wildman–Crippen LogP) is 3.98. The molecule has 0 saturated heterocycles. The van der Waals surface area contributed by atoms with Gasteiger partial charge in [0, 0.05) is 5.92 Å². The number of rotatable bonds is 6. The molecule has 1 nitrogen and oxygen atoms in total. The van der Waals surface area contributed by atoms with Gasteiger partial charge in [0.05, 0.1) is 6.10 Å². The van der Waals surface area contributed by atoms with Crippen LogP contribution in [0.3, 0.4) is 0 Å². The van der Waals surface area contributed by atoms with Crippen molar-refractivity contribution in [3.63, 3.8) is 0 Å². The van der Waals surface area contributed by atoms with Crippen molar-refractivity contribution in [2.75, 3.05) is 0 Å². The van der Waals surface area contributed by atoms with Crippen molar-refractivity contribution in [3.05, 3.63) is 35.9 Å². The molecule has 1 aliphatic carbocycles. The number of hydrogen-bond acceptors (Lipinski definition) is 1. The van der Waals surface area contributed by atoms with Crippen molar-refractivity contribution in [3.8, 4) is 0 Å². The summed E-state index contributed by atoms with van der Waals surface area (Å²) in [7, 11) is 0. The Balaban J connectivity index is 2.11. The average Bonchev–Trinajstić information content (AvgIpc) is 3.14. The molecule has 0 aromatic heterocycles. The molecule has 2 rings (SSSR count). The van der Waals surface area contributed by atoms with E-state index in [2.05, 4.69) is 38.1 Å². The fourth-order valence-electron chi connectivity index (χ4n) is 2.70. The van der Waals surface area contributed by atoms with E-state index in [4.69, 9.17) is 0 Å². The van der Waals surface area contributed by atoms with Crippen LogP contribution in [0.25, 0.3) is 0 Å². The quantitative estimate of drug-likeness (QED) is 0.786. The van der Waals surface area contributed by atoms with E-state index in [0.29, 0.717) is 11.8 Å². The third kappa shape index (κ3) is 3.32. The van der Waals surface area contributed by atoms with E-state index in [-0.39, 0.29) is 6.10 Å². The molecule has 1 aromatic carbocycles. The van der Waals surface area contributed by atoms with Gasteiger partial charge in [-0.2, -0.15) is 0 Å². The van der Waals surface area contributed by atoms with Crippen LogP contribution < -0.4 is 0 Å². The Kier molecular flexibility index (Phi) is 4.22. The SMILES string of the molecule is CCC(C)C(c1ccccc1)C(O)CC1CC1. The summed E-state index contributed by atoms with van der Waals surface area (Å²) in [6.07, 6.45) is 4.59. The third-order valence-corrected chi connectivity index (χ3v) is 4.13. The van der Waals surface area contributed by atoms with Crippen LogP contribution >= 0.6 is 0 Å². The average molecular weight is 232 g/mol. The number of aliphatic hydroxyl groups is 1. The molecular formula is C16H24O. The first-order valence-electron chi connectivity index (χ1n) is 6.95. The summed E-state index contributed by atoms with van der Waals surface area (Å²) in [6.45, 7) is 4.47. The largest absolute Gasteiger partial charge is 0.392 e. The van der Waals surface area contributed by atoms with Crippen molar-refractivity contribution < 1.29 is 5.11 Å². The Morgan fingerprint density at radius 2 is 1.88 bits per heavy atom. The smallest absolute Gasteiger partial charge is 0.0613 e. The monoisotopic (exact) mass is 232 g/mol. The summed E-state index contributed by atoms with van der Waals surface area (Å²) in [5.74, 6) is 1.65. The van der Waals surface area contributed by atoms with Gasteiger partial charge in [0.2, 0.25) is 0 Å². The van der Waals surface area contributed by atoms with Crippen LogP contribution in [0.2, 0.25) is 0 Å². The minimum atomic E-state index is -0.167. The molecular weight excluding hydrogens is 208 g/mol. The highest BCUT2D eigenvalue weighted by atomic mass is 16.3. The molecule has 1 saturated carbocycles. The zero-order chi connectivity index (χ0) is 12.3. The maximum absolute atomic E-state index is 10.5. The van der Waals surface area contributed by atoms with E-state index in [1.54, 1.807) is 0 Å². The molecule has 0 bridgehead atoms. The van der Waals surface area contributed by atoms with Gasteiger partial charge in [-0.05, 0) is 23.8 Å². The van der Waals surface area contributed by atoms with Crippen LogP contribution in [0.5, 0.6) is 0 Å². The molecule has 17 heavy (non-hydrogen) atoms. The Labute approximate surface area is 105 Å². The lowest BCUT2D eigenvalue weighted by molar-refractivity contribution is 0.103. The number of hydrogen-bond donors (Lipinski definition) is 1. The molecule has 0 radical (unpaired) electrons. The maximum Gasteiger partial charge on any atom is 0.0613 e. The van der Waals surface area contributed by atoms with Crippen LogP contribution in [-0.4, -0.2) is 11.2 Å². The minimum Gasteiger partial charge on any atom is -0.392 e. The van der Waals surface area contributed by atoms with Gasteiger partial charge in [-0.3, -0.25) is 0 Å². The fraction of sp³-hybridized carbons (Fsp3) is 0.625. The van der Waals surface area contributed by atoms with E-state index in [1.165, 1.54) is 18.4 Å². The predicted molar refractivity (Wildman–Crippen MR) is 72.0 cm³/mol. The van der Waals surface area contributed by atoms with Crippen molar-refractivity contribution in [1.82, 2.24) is 0 Å². The van der Waals surface area contributed by atoms with Gasteiger partial charge >= 0.3 is 0 Å². The van der Waals surface area contributed by atoms with Crippen LogP contribution in [0.15, 0.2) is 30.3 Å². The summed E-state index contributed by atoms with van der Waals surface area (Å²) >= 11 is 0. The third-order valence-electron chi connectivity index (χ3n) is 4.13. The molecule has 3 atom stereocenters. The van der Waals surface area contributed by atoms with Crippen molar-refractivity contribution in [1.29, 1.82) is 0 Å². The second-order valence-corrected chi connectivity index (χ2v) is 5.57. The summed E-state index contributed by atoms with van der Waals surface area (Å²) < 4.78 is 0. The Morgan fingerprint density at radius 3 is 2.41 bits per heavy atom. The first kappa shape index (κ1) is 12.6. The first-order valence-corrected chi connectivity index (χ1v) is 6.95. The van der Waals surface area contributed by atoms with E-state index in [0.717, 1.165) is 18.8 Å². The maximum atomic E-state index is 10.5. The summed E-state index contributed by atoms with van der Waals surface area (Å²) in [5, 5.41) is 10.5. The van der Waals surface area contributed by atoms with Gasteiger partial charge in [-0.15, -0.1) is 0 Å². The van der Waals surface area contributed by atoms with Gasteiger partial charge in [0.15, 0.2) is 0 Å². The molecule has 1 fully saturated rings. The number of aliphatic hydroxyl groups excluding tert-OH is 1. The van der Waals surface area contributed by atoms with Crippen LogP contribution in [-0.2, 0) is 0 Å². The van der Waals surface area contributed by atoms with Crippen LogP contribution in [0, 0.1) is 11.8 Å². The van der Waals surface area contributed by atoms with Gasteiger partial charge < -0.3 is 5.11 Å². The van der Waals surface area contributed by atoms with Gasteiger partial charge in [-0.1, -0.05) is 63.4 Å². The Morgan fingerprint density at radius 1 is 1.24 bits per heavy atom. The van der Waals surface area contributed by atoms with Crippen molar-refractivity contribution in [2.24, 2.45) is 11.8 Å². The highest BCUT2D eigenvalue weighted by molar-refractivity contribution is 5.21. The zero-order valence-electron chi connectivity index (χ0n) is 11.0. The molecule has 0 spiro atoms. The van der Waals surface area contributed by atoms with Gasteiger partial charge in [-0.25, -0.2) is 0 Å². The normalized spacial score (nSPS) is 20.9. The standard InChI is InChI=1S/C16H24O/c1-3-12(2)16(14-7-5-4-6-8-14)15(17)11-13-9-10-13/h4-8,12-13,15-17H,3,9-11H2,1-2H3. The van der Waals surface area contributed by atoms with Crippen LogP contribution in [0.1, 0.15) is 51.0 Å².